The minimum absolute atomic E-state index is 0.106. The minimum atomic E-state index is -0.758. The number of nitrogens with zero attached hydrogens (tertiary/aromatic N) is 3. The highest BCUT2D eigenvalue weighted by Gasteiger charge is 2.44. The van der Waals surface area contributed by atoms with E-state index in [0.717, 1.165) is 0 Å². The van der Waals surface area contributed by atoms with E-state index >= 15 is 0 Å². The monoisotopic (exact) mass is 433 g/mol. The van der Waals surface area contributed by atoms with E-state index in [4.69, 9.17) is 4.74 Å². The molecule has 0 saturated carbocycles. The quantitative estimate of drug-likeness (QED) is 0.218. The Morgan fingerprint density at radius 3 is 2.16 bits per heavy atom. The number of likely N-dealkylation sites (N-methyl/N-ethyl adjacent to an activating group) is 2. The SMILES string of the molecule is C=C(C)C(=O)OCCN(/C=C/C=C(\O)C=C1C(=O)N(C)C(C)(C)N(C)C1=O)C(C)(C)C. The molecule has 0 atom stereocenters. The molecule has 1 fully saturated rings. The molecule has 1 N–H and O–H groups in total. The van der Waals surface area contributed by atoms with Crippen LogP contribution in [0.3, 0.4) is 0 Å². The molecule has 0 radical (unpaired) electrons. The number of hydrogen-bond donors (Lipinski definition) is 1. The summed E-state index contributed by atoms with van der Waals surface area (Å²) < 4.78 is 5.14. The Bertz CT molecular complexity index is 805. The molecule has 1 heterocycles. The Hall–Kier alpha value is -3.03. The van der Waals surface area contributed by atoms with E-state index < -0.39 is 23.4 Å². The average Bonchev–Trinajstić information content (AvgIpc) is 2.66. The number of rotatable bonds is 7. The van der Waals surface area contributed by atoms with E-state index in [-0.39, 0.29) is 23.5 Å². The third-order valence-electron chi connectivity index (χ3n) is 5.31. The second-order valence-corrected chi connectivity index (χ2v) is 8.99. The van der Waals surface area contributed by atoms with Gasteiger partial charge in [-0.3, -0.25) is 9.59 Å². The summed E-state index contributed by atoms with van der Waals surface area (Å²) in [7, 11) is 3.23. The Morgan fingerprint density at radius 1 is 1.19 bits per heavy atom. The fourth-order valence-corrected chi connectivity index (χ4v) is 2.73. The predicted octanol–water partition coefficient (Wildman–Crippen LogP) is 2.75. The van der Waals surface area contributed by atoms with Crippen LogP contribution in [-0.2, 0) is 19.1 Å². The summed E-state index contributed by atoms with van der Waals surface area (Å²) in [5.74, 6) is -1.57. The van der Waals surface area contributed by atoms with Crippen LogP contribution >= 0.6 is 0 Å². The highest BCUT2D eigenvalue weighted by molar-refractivity contribution is 6.20. The van der Waals surface area contributed by atoms with Crippen molar-refractivity contribution in [3.05, 3.63) is 47.9 Å². The molecule has 1 aliphatic rings. The Morgan fingerprint density at radius 2 is 1.71 bits per heavy atom. The summed E-state index contributed by atoms with van der Waals surface area (Å²) in [6, 6.07) is 0. The van der Waals surface area contributed by atoms with Crippen LogP contribution in [0.1, 0.15) is 41.5 Å². The normalized spacial score (nSPS) is 17.3. The van der Waals surface area contributed by atoms with Gasteiger partial charge in [-0.25, -0.2) is 4.79 Å². The van der Waals surface area contributed by atoms with Gasteiger partial charge in [-0.15, -0.1) is 0 Å². The lowest BCUT2D eigenvalue weighted by molar-refractivity contribution is -0.155. The van der Waals surface area contributed by atoms with Gasteiger partial charge in [0.2, 0.25) is 0 Å². The van der Waals surface area contributed by atoms with Crippen LogP contribution in [0.5, 0.6) is 0 Å². The third-order valence-corrected chi connectivity index (χ3v) is 5.31. The van der Waals surface area contributed by atoms with Crippen LogP contribution < -0.4 is 0 Å². The number of allylic oxidation sites excluding steroid dienone is 3. The van der Waals surface area contributed by atoms with Crippen molar-refractivity contribution in [3.63, 3.8) is 0 Å². The number of hydrogen-bond acceptors (Lipinski definition) is 6. The molecule has 0 aromatic heterocycles. The first kappa shape index (κ1) is 26.0. The van der Waals surface area contributed by atoms with Gasteiger partial charge in [-0.05, 0) is 66.0 Å². The zero-order valence-electron chi connectivity index (χ0n) is 19.9. The van der Waals surface area contributed by atoms with Crippen molar-refractivity contribution in [2.24, 2.45) is 0 Å². The van der Waals surface area contributed by atoms with Gasteiger partial charge >= 0.3 is 5.97 Å². The van der Waals surface area contributed by atoms with E-state index in [1.807, 2.05) is 25.7 Å². The molecule has 0 aliphatic carbocycles. The van der Waals surface area contributed by atoms with Crippen LogP contribution in [0.15, 0.2) is 47.9 Å². The lowest BCUT2D eigenvalue weighted by Crippen LogP contribution is -2.63. The van der Waals surface area contributed by atoms with Crippen molar-refractivity contribution in [1.82, 2.24) is 14.7 Å². The number of esters is 1. The average molecular weight is 434 g/mol. The van der Waals surface area contributed by atoms with Crippen molar-refractivity contribution >= 4 is 17.8 Å². The fourth-order valence-electron chi connectivity index (χ4n) is 2.73. The van der Waals surface area contributed by atoms with Crippen molar-refractivity contribution in [3.8, 4) is 0 Å². The minimum Gasteiger partial charge on any atom is -0.508 e. The number of carbonyl (C=O) groups is 3. The molecule has 0 spiro atoms. The number of ether oxygens (including phenoxy) is 1. The number of amides is 2. The van der Waals surface area contributed by atoms with E-state index in [1.54, 1.807) is 47.1 Å². The Kier molecular flexibility index (Phi) is 8.26. The first-order valence-electron chi connectivity index (χ1n) is 10.1. The van der Waals surface area contributed by atoms with Gasteiger partial charge in [0.25, 0.3) is 11.8 Å². The smallest absolute Gasteiger partial charge is 0.333 e. The Balaban J connectivity index is 2.96. The van der Waals surface area contributed by atoms with Crippen LogP contribution in [-0.4, -0.2) is 76.0 Å². The van der Waals surface area contributed by atoms with Crippen molar-refractivity contribution in [2.75, 3.05) is 27.2 Å². The molecular formula is C23H35N3O5. The molecular weight excluding hydrogens is 398 g/mol. The number of aliphatic hydroxyl groups is 1. The second-order valence-electron chi connectivity index (χ2n) is 8.99. The highest BCUT2D eigenvalue weighted by Crippen LogP contribution is 2.27. The number of carbonyl (C=O) groups excluding carboxylic acids is 3. The van der Waals surface area contributed by atoms with E-state index in [0.29, 0.717) is 12.1 Å². The van der Waals surface area contributed by atoms with Crippen LogP contribution in [0.2, 0.25) is 0 Å². The predicted molar refractivity (Wildman–Crippen MR) is 120 cm³/mol. The van der Waals surface area contributed by atoms with Gasteiger partial charge in [-0.2, -0.15) is 0 Å². The van der Waals surface area contributed by atoms with Crippen LogP contribution in [0, 0.1) is 0 Å². The van der Waals surface area contributed by atoms with E-state index in [2.05, 4.69) is 6.58 Å². The number of aliphatic hydroxyl groups excluding tert-OH is 1. The van der Waals surface area contributed by atoms with Crippen LogP contribution in [0.25, 0.3) is 0 Å². The molecule has 31 heavy (non-hydrogen) atoms. The molecule has 2 amide bonds. The van der Waals surface area contributed by atoms with Crippen LogP contribution in [0.4, 0.5) is 0 Å². The molecule has 8 heteroatoms. The molecule has 8 nitrogen and oxygen atoms in total. The molecule has 1 saturated heterocycles. The standard InChI is InChI=1S/C23H35N3O5/c1-16(2)21(30)31-14-13-26(22(3,4)5)12-10-11-17(27)15-18-19(28)24(8)23(6,7)25(9)20(18)29/h10-12,15,27H,1,13-14H2,2-9H3/b12-10+,17-11-. The summed E-state index contributed by atoms with van der Waals surface area (Å²) in [6.07, 6.45) is 5.92. The van der Waals surface area contributed by atoms with Gasteiger partial charge in [0.1, 0.15) is 23.6 Å². The van der Waals surface area contributed by atoms with Gasteiger partial charge in [0.15, 0.2) is 0 Å². The largest absolute Gasteiger partial charge is 0.508 e. The maximum atomic E-state index is 12.6. The lowest BCUT2D eigenvalue weighted by Gasteiger charge is -2.47. The maximum Gasteiger partial charge on any atom is 0.333 e. The Labute approximate surface area is 185 Å². The second kappa shape index (κ2) is 9.85. The molecule has 0 bridgehead atoms. The summed E-state index contributed by atoms with van der Waals surface area (Å²) in [5.41, 5.74) is -0.789. The lowest BCUT2D eigenvalue weighted by atomic mass is 10.0. The first-order valence-corrected chi connectivity index (χ1v) is 10.1. The fraction of sp³-hybridized carbons (Fsp3) is 0.522. The summed E-state index contributed by atoms with van der Waals surface area (Å²) in [5, 5.41) is 10.3. The van der Waals surface area contributed by atoms with Gasteiger partial charge < -0.3 is 24.5 Å². The van der Waals surface area contributed by atoms with Crippen molar-refractivity contribution < 1.29 is 24.2 Å². The molecule has 1 aliphatic heterocycles. The van der Waals surface area contributed by atoms with Crippen molar-refractivity contribution in [2.45, 2.75) is 52.7 Å². The topological polar surface area (TPSA) is 90.4 Å². The van der Waals surface area contributed by atoms with Gasteiger partial charge in [0, 0.05) is 25.2 Å². The van der Waals surface area contributed by atoms with Crippen molar-refractivity contribution in [1.29, 1.82) is 0 Å². The van der Waals surface area contributed by atoms with Gasteiger partial charge in [0.05, 0.1) is 6.54 Å². The molecule has 0 aromatic rings. The van der Waals surface area contributed by atoms with Gasteiger partial charge in [-0.1, -0.05) is 6.58 Å². The molecule has 0 unspecified atom stereocenters. The summed E-state index contributed by atoms with van der Waals surface area (Å²) in [6.45, 7) is 15.3. The first-order chi connectivity index (χ1) is 14.1. The summed E-state index contributed by atoms with van der Waals surface area (Å²) >= 11 is 0. The molecule has 172 valence electrons. The van der Waals surface area contributed by atoms with E-state index in [9.17, 15) is 19.5 Å². The summed E-state index contributed by atoms with van der Waals surface area (Å²) in [4.78, 5) is 41.5. The zero-order valence-corrected chi connectivity index (χ0v) is 19.9. The maximum absolute atomic E-state index is 12.6. The zero-order chi connectivity index (χ0) is 24.1. The third kappa shape index (κ3) is 6.47. The van der Waals surface area contributed by atoms with E-state index in [1.165, 1.54) is 22.0 Å². The molecule has 1 rings (SSSR count). The molecule has 0 aromatic carbocycles. The highest BCUT2D eigenvalue weighted by atomic mass is 16.5.